The van der Waals surface area contributed by atoms with Gasteiger partial charge < -0.3 is 0 Å². The van der Waals surface area contributed by atoms with Gasteiger partial charge >= 0.3 is 0 Å². The van der Waals surface area contributed by atoms with Gasteiger partial charge in [-0.05, 0) is 79.9 Å². The van der Waals surface area contributed by atoms with E-state index in [4.69, 9.17) is 0 Å². The molecule has 0 aliphatic heterocycles. The molecule has 1 saturated carbocycles. The van der Waals surface area contributed by atoms with E-state index in [9.17, 15) is 4.39 Å². The average Bonchev–Trinajstić information content (AvgIpc) is 2.81. The van der Waals surface area contributed by atoms with Crippen LogP contribution in [0, 0.1) is 23.6 Å². The van der Waals surface area contributed by atoms with Crippen molar-refractivity contribution in [3.05, 3.63) is 47.8 Å². The zero-order valence-corrected chi connectivity index (χ0v) is 20.2. The van der Waals surface area contributed by atoms with Gasteiger partial charge in [-0.1, -0.05) is 102 Å². The molecule has 0 amide bonds. The first-order valence-corrected chi connectivity index (χ1v) is 13.7. The van der Waals surface area contributed by atoms with Gasteiger partial charge in [0.05, 0.1) is 0 Å². The Morgan fingerprint density at radius 1 is 0.774 bits per heavy atom. The number of unbranched alkanes of at least 4 members (excludes halogenated alkanes) is 7. The molecule has 2 aliphatic rings. The van der Waals surface area contributed by atoms with Crippen LogP contribution in [0.3, 0.4) is 0 Å². The van der Waals surface area contributed by atoms with Gasteiger partial charge in [-0.15, -0.1) is 0 Å². The molecule has 31 heavy (non-hydrogen) atoms. The predicted octanol–water partition coefficient (Wildman–Crippen LogP) is 9.99. The minimum absolute atomic E-state index is 0.0998. The molecule has 1 aromatic carbocycles. The lowest BCUT2D eigenvalue weighted by Gasteiger charge is -2.36. The highest BCUT2D eigenvalue weighted by Gasteiger charge is 2.30. The maximum absolute atomic E-state index is 13.5. The van der Waals surface area contributed by atoms with Crippen LogP contribution in [0.15, 0.2) is 36.4 Å². The number of hydrogen-bond acceptors (Lipinski definition) is 0. The summed E-state index contributed by atoms with van der Waals surface area (Å²) < 4.78 is 13.5. The number of hydrogen-bond donors (Lipinski definition) is 0. The molecular formula is C30H47F. The summed E-state index contributed by atoms with van der Waals surface area (Å²) in [7, 11) is 0. The van der Waals surface area contributed by atoms with Gasteiger partial charge in [-0.3, -0.25) is 0 Å². The molecule has 2 aliphatic carbocycles. The van der Waals surface area contributed by atoms with Gasteiger partial charge in [0.2, 0.25) is 0 Å². The summed E-state index contributed by atoms with van der Waals surface area (Å²) in [6.45, 7) is 2.30. The van der Waals surface area contributed by atoms with Gasteiger partial charge in [0.25, 0.3) is 0 Å². The summed E-state index contributed by atoms with van der Waals surface area (Å²) in [6, 6.07) is 7.50. The molecule has 0 bridgehead atoms. The standard InChI is InChI=1S/C30H47F/c1-2-3-4-5-6-7-8-10-13-25-16-18-27(19-17-25)30(24-26-14-11-9-12-15-26)28-20-22-29(31)23-21-28/h9,11,20-23,25-27,30H,2-8,10,12-19,24H2,1H3. The van der Waals surface area contributed by atoms with Crippen molar-refractivity contribution in [2.45, 2.75) is 122 Å². The minimum atomic E-state index is -0.0998. The molecular weight excluding hydrogens is 379 g/mol. The van der Waals surface area contributed by atoms with E-state index in [0.29, 0.717) is 5.92 Å². The number of rotatable bonds is 13. The van der Waals surface area contributed by atoms with Crippen molar-refractivity contribution in [3.8, 4) is 0 Å². The lowest BCUT2D eigenvalue weighted by atomic mass is 9.69. The van der Waals surface area contributed by atoms with Crippen LogP contribution in [0.25, 0.3) is 0 Å². The maximum Gasteiger partial charge on any atom is 0.123 e. The van der Waals surface area contributed by atoms with Crippen molar-refractivity contribution < 1.29 is 4.39 Å². The summed E-state index contributed by atoms with van der Waals surface area (Å²) in [4.78, 5) is 0. The van der Waals surface area contributed by atoms with Crippen LogP contribution in [0.1, 0.15) is 128 Å². The largest absolute Gasteiger partial charge is 0.207 e. The molecule has 2 unspecified atom stereocenters. The Morgan fingerprint density at radius 3 is 2.10 bits per heavy atom. The highest BCUT2D eigenvalue weighted by Crippen LogP contribution is 2.44. The second-order valence-electron chi connectivity index (χ2n) is 10.6. The third kappa shape index (κ3) is 8.74. The van der Waals surface area contributed by atoms with E-state index in [1.807, 2.05) is 0 Å². The summed E-state index contributed by atoms with van der Waals surface area (Å²) in [5.41, 5.74) is 1.39. The third-order valence-corrected chi connectivity index (χ3v) is 8.19. The van der Waals surface area contributed by atoms with Crippen molar-refractivity contribution in [1.82, 2.24) is 0 Å². The van der Waals surface area contributed by atoms with Crippen LogP contribution in [-0.2, 0) is 0 Å². The fourth-order valence-corrected chi connectivity index (χ4v) is 6.19. The van der Waals surface area contributed by atoms with Crippen molar-refractivity contribution in [2.24, 2.45) is 17.8 Å². The summed E-state index contributed by atoms with van der Waals surface area (Å²) in [6.07, 6.45) is 28.3. The Labute approximate surface area is 192 Å². The van der Waals surface area contributed by atoms with Crippen molar-refractivity contribution in [2.75, 3.05) is 0 Å². The highest BCUT2D eigenvalue weighted by atomic mass is 19.1. The fraction of sp³-hybridized carbons (Fsp3) is 0.733. The van der Waals surface area contributed by atoms with Crippen LogP contribution < -0.4 is 0 Å². The molecule has 0 aromatic heterocycles. The van der Waals surface area contributed by atoms with Gasteiger partial charge in [-0.2, -0.15) is 0 Å². The van der Waals surface area contributed by atoms with Crippen LogP contribution in [0.4, 0.5) is 4.39 Å². The molecule has 0 heterocycles. The summed E-state index contributed by atoms with van der Waals surface area (Å²) in [5.74, 6) is 3.10. The number of allylic oxidation sites excluding steroid dienone is 2. The van der Waals surface area contributed by atoms with Crippen molar-refractivity contribution in [3.63, 3.8) is 0 Å². The smallest absolute Gasteiger partial charge is 0.123 e. The normalized spacial score (nSPS) is 24.9. The van der Waals surface area contributed by atoms with Gasteiger partial charge in [0.15, 0.2) is 0 Å². The van der Waals surface area contributed by atoms with Crippen LogP contribution >= 0.6 is 0 Å². The second-order valence-corrected chi connectivity index (χ2v) is 10.6. The van der Waals surface area contributed by atoms with E-state index in [2.05, 4.69) is 31.2 Å². The van der Waals surface area contributed by atoms with E-state index in [1.165, 1.54) is 115 Å². The minimum Gasteiger partial charge on any atom is -0.207 e. The fourth-order valence-electron chi connectivity index (χ4n) is 6.19. The van der Waals surface area contributed by atoms with E-state index < -0.39 is 0 Å². The maximum atomic E-state index is 13.5. The van der Waals surface area contributed by atoms with Crippen LogP contribution in [0.5, 0.6) is 0 Å². The predicted molar refractivity (Wildman–Crippen MR) is 133 cm³/mol. The summed E-state index contributed by atoms with van der Waals surface area (Å²) >= 11 is 0. The summed E-state index contributed by atoms with van der Waals surface area (Å²) in [5, 5.41) is 0. The quantitative estimate of drug-likeness (QED) is 0.217. The molecule has 0 saturated heterocycles. The lowest BCUT2D eigenvalue weighted by Crippen LogP contribution is -2.23. The van der Waals surface area contributed by atoms with Crippen LogP contribution in [0.2, 0.25) is 0 Å². The monoisotopic (exact) mass is 426 g/mol. The molecule has 0 spiro atoms. The molecule has 1 aromatic rings. The van der Waals surface area contributed by atoms with E-state index in [-0.39, 0.29) is 5.82 Å². The van der Waals surface area contributed by atoms with Crippen LogP contribution in [-0.4, -0.2) is 0 Å². The molecule has 0 nitrogen and oxygen atoms in total. The first-order chi connectivity index (χ1) is 15.3. The number of benzene rings is 1. The van der Waals surface area contributed by atoms with E-state index >= 15 is 0 Å². The Balaban J connectivity index is 1.42. The van der Waals surface area contributed by atoms with Gasteiger partial charge in [0, 0.05) is 0 Å². The Kier molecular flexibility index (Phi) is 11.2. The second kappa shape index (κ2) is 14.1. The molecule has 0 N–H and O–H groups in total. The SMILES string of the molecule is CCCCCCCCCCC1CCC(C(CC2CC=CCC2)c2ccc(F)cc2)CC1. The van der Waals surface area contributed by atoms with Crippen molar-refractivity contribution in [1.29, 1.82) is 0 Å². The van der Waals surface area contributed by atoms with Gasteiger partial charge in [-0.25, -0.2) is 4.39 Å². The van der Waals surface area contributed by atoms with Gasteiger partial charge in [0.1, 0.15) is 5.82 Å². The number of halogens is 1. The third-order valence-electron chi connectivity index (χ3n) is 8.19. The molecule has 1 heteroatoms. The Morgan fingerprint density at radius 2 is 1.45 bits per heavy atom. The van der Waals surface area contributed by atoms with Crippen molar-refractivity contribution >= 4 is 0 Å². The zero-order valence-electron chi connectivity index (χ0n) is 20.2. The Bertz CT molecular complexity index is 608. The zero-order chi connectivity index (χ0) is 21.7. The van der Waals surface area contributed by atoms with E-state index in [0.717, 1.165) is 17.8 Å². The molecule has 174 valence electrons. The molecule has 3 rings (SSSR count). The highest BCUT2D eigenvalue weighted by molar-refractivity contribution is 5.22. The first-order valence-electron chi connectivity index (χ1n) is 13.7. The van der Waals surface area contributed by atoms with E-state index in [1.54, 1.807) is 12.1 Å². The Hall–Kier alpha value is -1.11. The topological polar surface area (TPSA) is 0 Å². The molecule has 2 atom stereocenters. The molecule has 0 radical (unpaired) electrons. The molecule has 1 fully saturated rings. The lowest BCUT2D eigenvalue weighted by molar-refractivity contribution is 0.209. The first kappa shape index (κ1) is 24.5. The average molecular weight is 427 g/mol.